The fourth-order valence-corrected chi connectivity index (χ4v) is 3.10. The van der Waals surface area contributed by atoms with E-state index in [1.807, 2.05) is 18.2 Å². The normalized spacial score (nSPS) is 24.4. The van der Waals surface area contributed by atoms with E-state index in [-0.39, 0.29) is 0 Å². The smallest absolute Gasteiger partial charge is 0.0934 e. The highest BCUT2D eigenvalue weighted by Gasteiger charge is 2.40. The molecule has 100 valence electrons. The summed E-state index contributed by atoms with van der Waals surface area (Å²) in [6, 6.07) is 10.7. The average Bonchev–Trinajstić information content (AvgIpc) is 2.89. The molecule has 2 nitrogen and oxygen atoms in total. The largest absolute Gasteiger partial charge is 0.385 e. The molecule has 1 aromatic rings. The van der Waals surface area contributed by atoms with Crippen molar-refractivity contribution < 1.29 is 5.11 Å². The number of aliphatic hydroxyl groups is 1. The van der Waals surface area contributed by atoms with Gasteiger partial charge in [0.05, 0.1) is 5.60 Å². The lowest BCUT2D eigenvalue weighted by Gasteiger charge is -2.34. The van der Waals surface area contributed by atoms with Gasteiger partial charge in [0.25, 0.3) is 0 Å². The summed E-state index contributed by atoms with van der Waals surface area (Å²) in [5.74, 6) is 0.354. The van der Waals surface area contributed by atoms with Crippen LogP contribution in [0.3, 0.4) is 0 Å². The SMILES string of the molecule is CC[C@@](O)(c1ccccc1)[C@H]1CCN(C(C)C)C1. The minimum atomic E-state index is -0.662. The molecule has 1 N–H and O–H groups in total. The molecule has 0 aromatic heterocycles. The molecule has 18 heavy (non-hydrogen) atoms. The highest BCUT2D eigenvalue weighted by atomic mass is 16.3. The summed E-state index contributed by atoms with van der Waals surface area (Å²) in [5.41, 5.74) is 0.411. The third kappa shape index (κ3) is 2.45. The van der Waals surface area contributed by atoms with Gasteiger partial charge in [-0.1, -0.05) is 37.3 Å². The summed E-state index contributed by atoms with van der Waals surface area (Å²) in [6.45, 7) is 8.67. The Balaban J connectivity index is 2.19. The Labute approximate surface area is 111 Å². The Bertz CT molecular complexity index is 376. The van der Waals surface area contributed by atoms with Crippen LogP contribution in [0.2, 0.25) is 0 Å². The van der Waals surface area contributed by atoms with Gasteiger partial charge in [0.1, 0.15) is 0 Å². The molecule has 1 aliphatic rings. The molecule has 2 rings (SSSR count). The van der Waals surface area contributed by atoms with Gasteiger partial charge in [-0.25, -0.2) is 0 Å². The quantitative estimate of drug-likeness (QED) is 0.884. The van der Waals surface area contributed by atoms with E-state index in [0.29, 0.717) is 12.0 Å². The van der Waals surface area contributed by atoms with Gasteiger partial charge in [-0.05, 0) is 38.8 Å². The van der Waals surface area contributed by atoms with Gasteiger partial charge in [0, 0.05) is 18.5 Å². The molecule has 0 saturated carbocycles. The second kappa shape index (κ2) is 5.41. The molecule has 1 heterocycles. The van der Waals surface area contributed by atoms with Gasteiger partial charge in [-0.3, -0.25) is 0 Å². The average molecular weight is 247 g/mol. The maximum atomic E-state index is 11.1. The monoisotopic (exact) mass is 247 g/mol. The first-order chi connectivity index (χ1) is 8.58. The number of likely N-dealkylation sites (tertiary alicyclic amines) is 1. The molecule has 2 heteroatoms. The topological polar surface area (TPSA) is 23.5 Å². The molecule has 1 aromatic carbocycles. The van der Waals surface area contributed by atoms with Crippen molar-refractivity contribution in [3.05, 3.63) is 35.9 Å². The van der Waals surface area contributed by atoms with Crippen LogP contribution in [-0.2, 0) is 5.60 Å². The van der Waals surface area contributed by atoms with Gasteiger partial charge in [0.2, 0.25) is 0 Å². The molecule has 0 amide bonds. The summed E-state index contributed by atoms with van der Waals surface area (Å²) >= 11 is 0. The van der Waals surface area contributed by atoms with Crippen molar-refractivity contribution >= 4 is 0 Å². The van der Waals surface area contributed by atoms with Crippen molar-refractivity contribution in [3.63, 3.8) is 0 Å². The predicted octanol–water partition coefficient (Wildman–Crippen LogP) is 3.01. The van der Waals surface area contributed by atoms with E-state index < -0.39 is 5.60 Å². The van der Waals surface area contributed by atoms with Crippen molar-refractivity contribution in [2.75, 3.05) is 13.1 Å². The lowest BCUT2D eigenvalue weighted by Crippen LogP contribution is -2.37. The van der Waals surface area contributed by atoms with Crippen LogP contribution in [0.25, 0.3) is 0 Å². The highest BCUT2D eigenvalue weighted by Crippen LogP contribution is 2.38. The van der Waals surface area contributed by atoms with E-state index in [0.717, 1.165) is 31.5 Å². The minimum absolute atomic E-state index is 0.354. The first-order valence-electron chi connectivity index (χ1n) is 7.10. The molecule has 0 unspecified atom stereocenters. The molecule has 1 fully saturated rings. The number of hydrogen-bond donors (Lipinski definition) is 1. The van der Waals surface area contributed by atoms with Crippen molar-refractivity contribution in [2.45, 2.75) is 45.3 Å². The zero-order valence-electron chi connectivity index (χ0n) is 11.8. The van der Waals surface area contributed by atoms with E-state index in [1.165, 1.54) is 0 Å². The summed E-state index contributed by atoms with van der Waals surface area (Å²) in [4.78, 5) is 2.47. The van der Waals surface area contributed by atoms with E-state index in [9.17, 15) is 5.11 Å². The highest BCUT2D eigenvalue weighted by molar-refractivity contribution is 5.23. The number of nitrogens with zero attached hydrogens (tertiary/aromatic N) is 1. The first kappa shape index (κ1) is 13.6. The second-order valence-corrected chi connectivity index (χ2v) is 5.72. The van der Waals surface area contributed by atoms with Crippen molar-refractivity contribution in [3.8, 4) is 0 Å². The standard InChI is InChI=1S/C16H25NO/c1-4-16(18,14-8-6-5-7-9-14)15-10-11-17(12-15)13(2)3/h5-9,13,15,18H,4,10-12H2,1-3H3/t15-,16+/m0/s1. The number of benzene rings is 1. The number of hydrogen-bond acceptors (Lipinski definition) is 2. The molecule has 2 atom stereocenters. The Morgan fingerprint density at radius 1 is 1.33 bits per heavy atom. The van der Waals surface area contributed by atoms with E-state index in [4.69, 9.17) is 0 Å². The van der Waals surface area contributed by atoms with Crippen LogP contribution in [0.1, 0.15) is 39.2 Å². The van der Waals surface area contributed by atoms with Crippen LogP contribution >= 0.6 is 0 Å². The zero-order valence-corrected chi connectivity index (χ0v) is 11.8. The van der Waals surface area contributed by atoms with Crippen LogP contribution < -0.4 is 0 Å². The molecule has 0 spiro atoms. The van der Waals surface area contributed by atoms with Crippen LogP contribution in [-0.4, -0.2) is 29.1 Å². The lowest BCUT2D eigenvalue weighted by molar-refractivity contribution is -0.0250. The van der Waals surface area contributed by atoms with Crippen molar-refractivity contribution in [1.82, 2.24) is 4.90 Å². The van der Waals surface area contributed by atoms with Crippen LogP contribution in [0.5, 0.6) is 0 Å². The maximum Gasteiger partial charge on any atom is 0.0934 e. The van der Waals surface area contributed by atoms with Crippen LogP contribution in [0.4, 0.5) is 0 Å². The summed E-state index contributed by atoms with van der Waals surface area (Å²) in [7, 11) is 0. The van der Waals surface area contributed by atoms with E-state index >= 15 is 0 Å². The Morgan fingerprint density at radius 2 is 2.00 bits per heavy atom. The molecular weight excluding hydrogens is 222 g/mol. The van der Waals surface area contributed by atoms with Crippen LogP contribution in [0, 0.1) is 5.92 Å². The lowest BCUT2D eigenvalue weighted by atomic mass is 9.79. The maximum absolute atomic E-state index is 11.1. The van der Waals surface area contributed by atoms with Gasteiger partial charge in [-0.15, -0.1) is 0 Å². The second-order valence-electron chi connectivity index (χ2n) is 5.72. The van der Waals surface area contributed by atoms with Gasteiger partial charge >= 0.3 is 0 Å². The minimum Gasteiger partial charge on any atom is -0.385 e. The predicted molar refractivity (Wildman–Crippen MR) is 75.4 cm³/mol. The Kier molecular flexibility index (Phi) is 4.08. The van der Waals surface area contributed by atoms with Crippen molar-refractivity contribution in [1.29, 1.82) is 0 Å². The third-order valence-corrected chi connectivity index (χ3v) is 4.44. The Hall–Kier alpha value is -0.860. The van der Waals surface area contributed by atoms with Gasteiger partial charge < -0.3 is 10.0 Å². The summed E-state index contributed by atoms with van der Waals surface area (Å²) in [6.07, 6.45) is 1.88. The van der Waals surface area contributed by atoms with E-state index in [1.54, 1.807) is 0 Å². The molecule has 0 aliphatic carbocycles. The Morgan fingerprint density at radius 3 is 2.50 bits per heavy atom. The van der Waals surface area contributed by atoms with E-state index in [2.05, 4.69) is 37.8 Å². The fraction of sp³-hybridized carbons (Fsp3) is 0.625. The van der Waals surface area contributed by atoms with Crippen molar-refractivity contribution in [2.24, 2.45) is 5.92 Å². The third-order valence-electron chi connectivity index (χ3n) is 4.44. The molecular formula is C16H25NO. The fourth-order valence-electron chi connectivity index (χ4n) is 3.10. The first-order valence-corrected chi connectivity index (χ1v) is 7.10. The summed E-state index contributed by atoms with van der Waals surface area (Å²) < 4.78 is 0. The molecule has 1 aliphatic heterocycles. The molecule has 1 saturated heterocycles. The van der Waals surface area contributed by atoms with Crippen LogP contribution in [0.15, 0.2) is 30.3 Å². The van der Waals surface area contributed by atoms with Gasteiger partial charge in [0.15, 0.2) is 0 Å². The molecule has 0 bridgehead atoms. The number of rotatable bonds is 4. The molecule has 0 radical (unpaired) electrons. The van der Waals surface area contributed by atoms with Gasteiger partial charge in [-0.2, -0.15) is 0 Å². The zero-order chi connectivity index (χ0) is 13.2. The summed E-state index contributed by atoms with van der Waals surface area (Å²) in [5, 5.41) is 11.1.